The van der Waals surface area contributed by atoms with Crippen molar-refractivity contribution in [1.29, 1.82) is 0 Å². The number of nitrogens with zero attached hydrogens (tertiary/aromatic N) is 3. The Balaban J connectivity index is 1.46. The van der Waals surface area contributed by atoms with E-state index in [1.54, 1.807) is 29.8 Å². The third kappa shape index (κ3) is 3.82. The molecule has 0 spiro atoms. The molecule has 0 unspecified atom stereocenters. The second kappa shape index (κ2) is 8.37. The highest BCUT2D eigenvalue weighted by Gasteiger charge is 2.27. The summed E-state index contributed by atoms with van der Waals surface area (Å²) in [6.45, 7) is 2.92. The Morgan fingerprint density at radius 3 is 3.06 bits per heavy atom. The molecule has 1 atom stereocenters. The van der Waals surface area contributed by atoms with Crippen LogP contribution in [0.5, 0.6) is 0 Å². The van der Waals surface area contributed by atoms with Crippen molar-refractivity contribution < 1.29 is 9.53 Å². The fourth-order valence-corrected chi connectivity index (χ4v) is 5.83. The van der Waals surface area contributed by atoms with Gasteiger partial charge in [-0.3, -0.25) is 4.79 Å². The number of thiophene rings is 1. The van der Waals surface area contributed by atoms with Crippen molar-refractivity contribution in [2.75, 3.05) is 25.6 Å². The lowest BCUT2D eigenvalue weighted by Crippen LogP contribution is -2.43. The predicted octanol–water partition coefficient (Wildman–Crippen LogP) is 5.30. The second-order valence-corrected chi connectivity index (χ2v) is 9.41. The highest BCUT2D eigenvalue weighted by Crippen LogP contribution is 2.38. The summed E-state index contributed by atoms with van der Waals surface area (Å²) in [5.74, 6) is 0.0274. The highest BCUT2D eigenvalue weighted by molar-refractivity contribution is 7.19. The number of carbonyl (C=O) groups excluding carboxylic acids is 1. The number of benzene rings is 1. The minimum absolute atomic E-state index is 0.00736. The van der Waals surface area contributed by atoms with Crippen molar-refractivity contribution in [3.8, 4) is 0 Å². The molecule has 1 aliphatic heterocycles. The van der Waals surface area contributed by atoms with Crippen LogP contribution >= 0.6 is 22.7 Å². The summed E-state index contributed by atoms with van der Waals surface area (Å²) >= 11 is 3.30. The number of hydrogen-bond acceptors (Lipinski definition) is 7. The molecular formula is C23H22N4O2S2. The Labute approximate surface area is 188 Å². The van der Waals surface area contributed by atoms with E-state index in [2.05, 4.69) is 52.5 Å². The zero-order valence-electron chi connectivity index (χ0n) is 17.3. The zero-order valence-corrected chi connectivity index (χ0v) is 18.9. The second-order valence-electron chi connectivity index (χ2n) is 7.49. The summed E-state index contributed by atoms with van der Waals surface area (Å²) < 4.78 is 6.23. The fourth-order valence-electron chi connectivity index (χ4n) is 4.03. The van der Waals surface area contributed by atoms with Crippen molar-refractivity contribution in [2.45, 2.75) is 19.4 Å². The molecule has 31 heavy (non-hydrogen) atoms. The van der Waals surface area contributed by atoms with Crippen molar-refractivity contribution in [1.82, 2.24) is 14.9 Å². The van der Waals surface area contributed by atoms with Gasteiger partial charge in [-0.25, -0.2) is 9.97 Å². The molecule has 1 aromatic carbocycles. The summed E-state index contributed by atoms with van der Waals surface area (Å²) in [6.07, 6.45) is 4.92. The average molecular weight is 451 g/mol. The van der Waals surface area contributed by atoms with E-state index in [1.165, 1.54) is 10.3 Å². The molecule has 6 nitrogen and oxygen atoms in total. The number of aromatic nitrogens is 2. The van der Waals surface area contributed by atoms with Crippen LogP contribution < -0.4 is 5.32 Å². The molecule has 0 radical (unpaired) electrons. The molecular weight excluding hydrogens is 428 g/mol. The van der Waals surface area contributed by atoms with Crippen LogP contribution in [-0.2, 0) is 9.53 Å². The van der Waals surface area contributed by atoms with Gasteiger partial charge in [-0.1, -0.05) is 6.08 Å². The van der Waals surface area contributed by atoms with E-state index in [0.29, 0.717) is 0 Å². The van der Waals surface area contributed by atoms with Gasteiger partial charge in [0.1, 0.15) is 11.4 Å². The first-order valence-electron chi connectivity index (χ1n) is 10.1. The van der Waals surface area contributed by atoms with E-state index in [1.807, 2.05) is 22.7 Å². The molecule has 0 fully saturated rings. The van der Waals surface area contributed by atoms with Gasteiger partial charge in [0.05, 0.1) is 27.5 Å². The maximum absolute atomic E-state index is 12.4. The molecule has 8 heteroatoms. The van der Waals surface area contributed by atoms with Gasteiger partial charge < -0.3 is 15.0 Å². The molecule has 0 bridgehead atoms. The Bertz CT molecular complexity index is 1290. The molecule has 158 valence electrons. The number of carbonyl (C=O) groups is 1. The normalized spacial score (nSPS) is 16.6. The molecule has 1 N–H and O–H groups in total. The number of nitrogens with one attached hydrogen (secondary N) is 1. The van der Waals surface area contributed by atoms with Crippen LogP contribution in [0.25, 0.3) is 26.0 Å². The number of rotatable bonds is 5. The van der Waals surface area contributed by atoms with Crippen LogP contribution in [0.4, 0.5) is 11.4 Å². The van der Waals surface area contributed by atoms with Gasteiger partial charge in [0, 0.05) is 35.8 Å². The molecule has 5 rings (SSSR count). The van der Waals surface area contributed by atoms with Gasteiger partial charge in [0.2, 0.25) is 5.91 Å². The number of amides is 1. The lowest BCUT2D eigenvalue weighted by molar-refractivity contribution is -0.136. The Kier molecular flexibility index (Phi) is 5.43. The summed E-state index contributed by atoms with van der Waals surface area (Å²) in [5, 5.41) is 4.61. The molecule has 3 aromatic heterocycles. The quantitative estimate of drug-likeness (QED) is 0.447. The summed E-state index contributed by atoms with van der Waals surface area (Å²) in [4.78, 5) is 25.5. The number of anilines is 2. The maximum Gasteiger partial charge on any atom is 0.249 e. The molecule has 4 heterocycles. The van der Waals surface area contributed by atoms with Crippen LogP contribution in [0.15, 0.2) is 48.1 Å². The minimum Gasteiger partial charge on any atom is -0.375 e. The minimum atomic E-state index is 0.00736. The van der Waals surface area contributed by atoms with Crippen molar-refractivity contribution >= 4 is 66.0 Å². The van der Waals surface area contributed by atoms with Gasteiger partial charge in [0.25, 0.3) is 0 Å². The maximum atomic E-state index is 12.4. The SMILES string of the molecule is COCC(=O)N1CCC=C(c2cc3c(Nc4ccc5scnc5c4)ccnc3s2)[C@@H]1C. The van der Waals surface area contributed by atoms with Crippen LogP contribution in [0.1, 0.15) is 18.2 Å². The van der Waals surface area contributed by atoms with Crippen LogP contribution in [0.2, 0.25) is 0 Å². The lowest BCUT2D eigenvalue weighted by atomic mass is 9.99. The third-order valence-corrected chi connectivity index (χ3v) is 7.47. The van der Waals surface area contributed by atoms with Crippen LogP contribution in [-0.4, -0.2) is 47.1 Å². The van der Waals surface area contributed by atoms with Gasteiger partial charge in [-0.15, -0.1) is 22.7 Å². The van der Waals surface area contributed by atoms with Crippen LogP contribution in [0.3, 0.4) is 0 Å². The molecule has 0 aliphatic carbocycles. The Morgan fingerprint density at radius 2 is 2.19 bits per heavy atom. The molecule has 0 saturated heterocycles. The predicted molar refractivity (Wildman–Crippen MR) is 128 cm³/mol. The van der Waals surface area contributed by atoms with Crippen LogP contribution in [0, 0.1) is 0 Å². The van der Waals surface area contributed by atoms with E-state index in [-0.39, 0.29) is 18.6 Å². The van der Waals surface area contributed by atoms with Gasteiger partial charge in [0.15, 0.2) is 0 Å². The van der Waals surface area contributed by atoms with Crippen molar-refractivity contribution in [2.24, 2.45) is 0 Å². The lowest BCUT2D eigenvalue weighted by Gasteiger charge is -2.33. The standard InChI is InChI=1S/C23H22N4O2S2/c1-14-16(4-3-9-27(14)22(28)12-29-2)21-11-17-18(7-8-24-23(17)31-21)26-15-5-6-20-19(10-15)25-13-30-20/h4-8,10-11,13-14H,3,9,12H2,1-2H3,(H,24,26)/t14-/m0/s1. The number of ether oxygens (including phenoxy) is 1. The first kappa shape index (κ1) is 20.1. The molecule has 4 aromatic rings. The number of fused-ring (bicyclic) bond motifs is 2. The van der Waals surface area contributed by atoms with E-state index in [0.717, 1.165) is 45.0 Å². The molecule has 1 aliphatic rings. The van der Waals surface area contributed by atoms with E-state index < -0.39 is 0 Å². The smallest absolute Gasteiger partial charge is 0.249 e. The van der Waals surface area contributed by atoms with Crippen molar-refractivity contribution in [3.05, 3.63) is 53.0 Å². The first-order chi connectivity index (χ1) is 15.1. The summed E-state index contributed by atoms with van der Waals surface area (Å²) in [5.41, 5.74) is 6.05. The topological polar surface area (TPSA) is 67.3 Å². The fraction of sp³-hybridized carbons (Fsp3) is 0.261. The van der Waals surface area contributed by atoms with Gasteiger partial charge in [-0.05, 0) is 49.2 Å². The number of thiazole rings is 1. The largest absolute Gasteiger partial charge is 0.375 e. The average Bonchev–Trinajstić information content (AvgIpc) is 3.41. The first-order valence-corrected chi connectivity index (χ1v) is 11.8. The number of pyridine rings is 1. The zero-order chi connectivity index (χ0) is 21.4. The monoisotopic (exact) mass is 450 g/mol. The van der Waals surface area contributed by atoms with Gasteiger partial charge >= 0.3 is 0 Å². The van der Waals surface area contributed by atoms with E-state index in [9.17, 15) is 4.79 Å². The van der Waals surface area contributed by atoms with Crippen molar-refractivity contribution in [3.63, 3.8) is 0 Å². The van der Waals surface area contributed by atoms with Gasteiger partial charge in [-0.2, -0.15) is 0 Å². The Hall–Kier alpha value is -2.81. The number of hydrogen-bond donors (Lipinski definition) is 1. The third-order valence-electron chi connectivity index (χ3n) is 5.57. The number of methoxy groups -OCH3 is 1. The van der Waals surface area contributed by atoms with E-state index >= 15 is 0 Å². The summed E-state index contributed by atoms with van der Waals surface area (Å²) in [7, 11) is 1.56. The van der Waals surface area contributed by atoms with E-state index in [4.69, 9.17) is 4.74 Å². The Morgan fingerprint density at radius 1 is 1.29 bits per heavy atom. The molecule has 0 saturated carbocycles. The molecule has 1 amide bonds. The highest BCUT2D eigenvalue weighted by atomic mass is 32.1. The summed E-state index contributed by atoms with van der Waals surface area (Å²) in [6, 6.07) is 10.4.